The van der Waals surface area contributed by atoms with Gasteiger partial charge in [-0.05, 0) is 69.9 Å². The first-order valence-corrected chi connectivity index (χ1v) is 12.5. The van der Waals surface area contributed by atoms with Gasteiger partial charge >= 0.3 is 0 Å². The van der Waals surface area contributed by atoms with Gasteiger partial charge in [-0.15, -0.1) is 0 Å². The second-order valence-electron chi connectivity index (χ2n) is 9.01. The van der Waals surface area contributed by atoms with Crippen LogP contribution in [0.2, 0.25) is 5.02 Å². The van der Waals surface area contributed by atoms with E-state index < -0.39 is 0 Å². The number of hydrogen-bond donors (Lipinski definition) is 2. The topological polar surface area (TPSA) is 64.7 Å². The molecular formula is C29H31ClN4O2. The van der Waals surface area contributed by atoms with E-state index in [1.165, 1.54) is 0 Å². The SMILES string of the molecule is CCN(CCCN(C)C)C(=O)c1cccc(NC(=C2C(=O)Nc3cc(Cl)ccc32)c2ccccc2)c1. The zero-order valence-corrected chi connectivity index (χ0v) is 21.6. The highest BCUT2D eigenvalue weighted by atomic mass is 35.5. The average molecular weight is 503 g/mol. The van der Waals surface area contributed by atoms with Gasteiger partial charge in [0.15, 0.2) is 0 Å². The number of rotatable bonds is 9. The molecule has 0 radical (unpaired) electrons. The smallest absolute Gasteiger partial charge is 0.258 e. The van der Waals surface area contributed by atoms with Gasteiger partial charge in [-0.2, -0.15) is 0 Å². The number of benzene rings is 3. The van der Waals surface area contributed by atoms with E-state index in [2.05, 4.69) is 15.5 Å². The van der Waals surface area contributed by atoms with E-state index in [4.69, 9.17) is 11.6 Å². The van der Waals surface area contributed by atoms with E-state index in [9.17, 15) is 9.59 Å². The Balaban J connectivity index is 1.68. The molecular weight excluding hydrogens is 472 g/mol. The van der Waals surface area contributed by atoms with Crippen molar-refractivity contribution in [3.05, 3.63) is 94.5 Å². The fourth-order valence-electron chi connectivity index (χ4n) is 4.32. The van der Waals surface area contributed by atoms with Gasteiger partial charge < -0.3 is 20.4 Å². The Morgan fingerprint density at radius 2 is 1.69 bits per heavy atom. The first-order valence-electron chi connectivity index (χ1n) is 12.1. The fraction of sp³-hybridized carbons (Fsp3) is 0.241. The van der Waals surface area contributed by atoms with Gasteiger partial charge in [0.05, 0.1) is 17.0 Å². The highest BCUT2D eigenvalue weighted by Crippen LogP contribution is 2.38. The molecule has 1 aliphatic rings. The summed E-state index contributed by atoms with van der Waals surface area (Å²) in [6, 6.07) is 22.5. The molecule has 6 nitrogen and oxygen atoms in total. The van der Waals surface area contributed by atoms with Gasteiger partial charge in [-0.1, -0.05) is 54.1 Å². The summed E-state index contributed by atoms with van der Waals surface area (Å²) < 4.78 is 0. The summed E-state index contributed by atoms with van der Waals surface area (Å²) in [4.78, 5) is 30.3. The lowest BCUT2D eigenvalue weighted by Gasteiger charge is -2.22. The Morgan fingerprint density at radius 1 is 0.944 bits per heavy atom. The highest BCUT2D eigenvalue weighted by Gasteiger charge is 2.28. The minimum atomic E-state index is -0.205. The Kier molecular flexibility index (Phi) is 8.08. The van der Waals surface area contributed by atoms with Crippen molar-refractivity contribution in [2.45, 2.75) is 13.3 Å². The molecule has 0 atom stereocenters. The third-order valence-corrected chi connectivity index (χ3v) is 6.35. The second kappa shape index (κ2) is 11.4. The molecule has 186 valence electrons. The molecule has 0 fully saturated rings. The number of anilines is 2. The summed E-state index contributed by atoms with van der Waals surface area (Å²) in [7, 11) is 4.06. The maximum atomic E-state index is 13.3. The van der Waals surface area contributed by atoms with Crippen LogP contribution in [0.3, 0.4) is 0 Å². The molecule has 36 heavy (non-hydrogen) atoms. The summed E-state index contributed by atoms with van der Waals surface area (Å²) in [5.41, 5.74) is 4.85. The number of fused-ring (bicyclic) bond motifs is 1. The molecule has 0 aliphatic carbocycles. The van der Waals surface area contributed by atoms with E-state index in [0.29, 0.717) is 40.6 Å². The summed E-state index contributed by atoms with van der Waals surface area (Å²) in [6.45, 7) is 4.26. The van der Waals surface area contributed by atoms with Crippen LogP contribution < -0.4 is 10.6 Å². The van der Waals surface area contributed by atoms with Crippen molar-refractivity contribution in [1.82, 2.24) is 9.80 Å². The minimum absolute atomic E-state index is 0.00702. The van der Waals surface area contributed by atoms with Crippen LogP contribution in [0, 0.1) is 0 Å². The van der Waals surface area contributed by atoms with Crippen molar-refractivity contribution in [3.8, 4) is 0 Å². The van der Waals surface area contributed by atoms with Gasteiger partial charge in [0.1, 0.15) is 0 Å². The van der Waals surface area contributed by atoms with E-state index in [0.717, 1.165) is 29.8 Å². The number of carbonyl (C=O) groups is 2. The van der Waals surface area contributed by atoms with Crippen molar-refractivity contribution >= 4 is 46.1 Å². The van der Waals surface area contributed by atoms with Gasteiger partial charge in [0, 0.05) is 34.9 Å². The number of hydrogen-bond acceptors (Lipinski definition) is 4. The Labute approximate surface area is 217 Å². The normalized spacial score (nSPS) is 13.9. The molecule has 0 spiro atoms. The van der Waals surface area contributed by atoms with Gasteiger partial charge in [0.25, 0.3) is 11.8 Å². The molecule has 0 saturated carbocycles. The van der Waals surface area contributed by atoms with E-state index in [1.807, 2.05) is 86.6 Å². The Morgan fingerprint density at radius 3 is 2.42 bits per heavy atom. The summed E-state index contributed by atoms with van der Waals surface area (Å²) in [6.07, 6.45) is 0.910. The third kappa shape index (κ3) is 5.78. The van der Waals surface area contributed by atoms with Gasteiger partial charge in [-0.25, -0.2) is 0 Å². The lowest BCUT2D eigenvalue weighted by atomic mass is 10.00. The number of halogens is 1. The van der Waals surface area contributed by atoms with Crippen molar-refractivity contribution < 1.29 is 9.59 Å². The monoisotopic (exact) mass is 502 g/mol. The van der Waals surface area contributed by atoms with Crippen LogP contribution in [0.1, 0.15) is 34.8 Å². The molecule has 0 saturated heterocycles. The lowest BCUT2D eigenvalue weighted by molar-refractivity contribution is -0.110. The molecule has 7 heteroatoms. The number of amides is 2. The number of carbonyl (C=O) groups excluding carboxylic acids is 2. The maximum Gasteiger partial charge on any atom is 0.258 e. The molecule has 4 rings (SSSR count). The predicted octanol–water partition coefficient (Wildman–Crippen LogP) is 5.69. The van der Waals surface area contributed by atoms with Crippen LogP contribution in [0.25, 0.3) is 11.3 Å². The largest absolute Gasteiger partial charge is 0.354 e. The van der Waals surface area contributed by atoms with Crippen molar-refractivity contribution in [2.24, 2.45) is 0 Å². The minimum Gasteiger partial charge on any atom is -0.354 e. The van der Waals surface area contributed by atoms with Crippen LogP contribution in [0.5, 0.6) is 0 Å². The molecule has 3 aromatic rings. The maximum absolute atomic E-state index is 13.3. The van der Waals surface area contributed by atoms with Crippen LogP contribution in [0.15, 0.2) is 72.8 Å². The van der Waals surface area contributed by atoms with Crippen LogP contribution >= 0.6 is 11.6 Å². The van der Waals surface area contributed by atoms with Gasteiger partial charge in [-0.3, -0.25) is 9.59 Å². The molecule has 2 amide bonds. The first-order chi connectivity index (χ1) is 17.4. The second-order valence-corrected chi connectivity index (χ2v) is 9.44. The molecule has 0 aromatic heterocycles. The van der Waals surface area contributed by atoms with Crippen molar-refractivity contribution in [3.63, 3.8) is 0 Å². The predicted molar refractivity (Wildman–Crippen MR) is 148 cm³/mol. The molecule has 1 heterocycles. The molecule has 0 bridgehead atoms. The van der Waals surface area contributed by atoms with Crippen molar-refractivity contribution in [2.75, 3.05) is 44.4 Å². The Hall–Kier alpha value is -3.61. The molecule has 2 N–H and O–H groups in total. The van der Waals surface area contributed by atoms with E-state index in [-0.39, 0.29) is 11.8 Å². The van der Waals surface area contributed by atoms with Crippen LogP contribution in [-0.4, -0.2) is 55.3 Å². The summed E-state index contributed by atoms with van der Waals surface area (Å²) in [5.74, 6) is -0.212. The summed E-state index contributed by atoms with van der Waals surface area (Å²) in [5, 5.41) is 6.92. The first kappa shape index (κ1) is 25.5. The van der Waals surface area contributed by atoms with Gasteiger partial charge in [0.2, 0.25) is 0 Å². The quantitative estimate of drug-likeness (QED) is 0.369. The highest BCUT2D eigenvalue weighted by molar-refractivity contribution is 6.38. The average Bonchev–Trinajstić information content (AvgIpc) is 3.19. The standard InChI is InChI=1S/C29H31ClN4O2/c1-4-34(17-9-16-33(2)3)29(36)21-12-8-13-23(18-21)31-27(20-10-6-5-7-11-20)26-24-15-14-22(30)19-25(24)32-28(26)35/h5-8,10-15,18-19,31H,4,9,16-17H2,1-3H3,(H,32,35). The van der Waals surface area contributed by atoms with Crippen LogP contribution in [-0.2, 0) is 4.79 Å². The zero-order chi connectivity index (χ0) is 25.7. The Bertz CT molecular complexity index is 1290. The molecule has 0 unspecified atom stereocenters. The van der Waals surface area contributed by atoms with E-state index in [1.54, 1.807) is 12.1 Å². The summed E-state index contributed by atoms with van der Waals surface area (Å²) >= 11 is 6.16. The fourth-order valence-corrected chi connectivity index (χ4v) is 4.49. The van der Waals surface area contributed by atoms with E-state index >= 15 is 0 Å². The lowest BCUT2D eigenvalue weighted by Crippen LogP contribution is -2.33. The zero-order valence-electron chi connectivity index (χ0n) is 20.8. The number of nitrogens with zero attached hydrogens (tertiary/aromatic N) is 2. The van der Waals surface area contributed by atoms with Crippen LogP contribution in [0.4, 0.5) is 11.4 Å². The number of nitrogens with one attached hydrogen (secondary N) is 2. The van der Waals surface area contributed by atoms with Crippen molar-refractivity contribution in [1.29, 1.82) is 0 Å². The third-order valence-electron chi connectivity index (χ3n) is 6.12. The molecule has 3 aromatic carbocycles. The molecule has 1 aliphatic heterocycles.